The maximum Gasteiger partial charge on any atom is 0.133 e. The molecule has 1 atom stereocenters. The third-order valence-electron chi connectivity index (χ3n) is 2.67. The molecule has 15 heavy (non-hydrogen) atoms. The van der Waals surface area contributed by atoms with Crippen LogP contribution in [0.3, 0.4) is 0 Å². The van der Waals surface area contributed by atoms with E-state index in [1.165, 1.54) is 0 Å². The van der Waals surface area contributed by atoms with Crippen molar-refractivity contribution < 1.29 is 0 Å². The number of nitrogens with one attached hydrogen (secondary N) is 1. The van der Waals surface area contributed by atoms with Gasteiger partial charge in [0.15, 0.2) is 0 Å². The summed E-state index contributed by atoms with van der Waals surface area (Å²) in [5.41, 5.74) is 0. The van der Waals surface area contributed by atoms with Gasteiger partial charge in [-0.1, -0.05) is 0 Å². The highest BCUT2D eigenvalue weighted by Gasteiger charge is 2.32. The molecule has 0 aromatic carbocycles. The Kier molecular flexibility index (Phi) is 3.42. The van der Waals surface area contributed by atoms with E-state index < -0.39 is 0 Å². The van der Waals surface area contributed by atoms with Crippen molar-refractivity contribution in [2.24, 2.45) is 0 Å². The fraction of sp³-hybridized carbons (Fsp3) is 0.500. The van der Waals surface area contributed by atoms with Gasteiger partial charge in [-0.25, -0.2) is 0 Å². The Balaban J connectivity index is 2.04. The summed E-state index contributed by atoms with van der Waals surface area (Å²) in [4.78, 5) is 3.32. The summed E-state index contributed by atoms with van der Waals surface area (Å²) in [5.74, 6) is 0. The maximum absolute atomic E-state index is 9.16. The second-order valence-electron chi connectivity index (χ2n) is 3.61. The van der Waals surface area contributed by atoms with Crippen LogP contribution in [-0.2, 0) is 0 Å². The molecule has 0 spiro atoms. The first-order valence-electron chi connectivity index (χ1n) is 4.80. The Bertz CT molecular complexity index is 378. The predicted molar refractivity (Wildman–Crippen MR) is 64.8 cm³/mol. The molecule has 1 aliphatic heterocycles. The molecule has 0 saturated carbocycles. The minimum absolute atomic E-state index is 0.0779. The fourth-order valence-electron chi connectivity index (χ4n) is 1.71. The van der Waals surface area contributed by atoms with Gasteiger partial charge >= 0.3 is 0 Å². The Hall–Kier alpha value is -0.410. The van der Waals surface area contributed by atoms with Crippen LogP contribution in [0.1, 0.15) is 10.9 Å². The maximum atomic E-state index is 9.16. The zero-order valence-electron chi connectivity index (χ0n) is 8.40. The first-order chi connectivity index (χ1) is 7.24. The Morgan fingerprint density at radius 2 is 2.40 bits per heavy atom. The molecule has 1 fully saturated rings. The molecule has 1 aliphatic rings. The molecule has 2 heterocycles. The second-order valence-corrected chi connectivity index (χ2v) is 6.11. The molecular weight excluding hydrogens is 274 g/mol. The summed E-state index contributed by atoms with van der Waals surface area (Å²) < 4.78 is 1.09. The lowest BCUT2D eigenvalue weighted by molar-refractivity contribution is 0.106. The monoisotopic (exact) mass is 285 g/mol. The van der Waals surface area contributed by atoms with Crippen LogP contribution >= 0.6 is 27.3 Å². The highest BCUT2D eigenvalue weighted by molar-refractivity contribution is 9.11. The molecule has 1 saturated heterocycles. The van der Waals surface area contributed by atoms with Crippen molar-refractivity contribution in [2.45, 2.75) is 12.1 Å². The summed E-state index contributed by atoms with van der Waals surface area (Å²) in [6.45, 7) is 1.93. The van der Waals surface area contributed by atoms with Crippen molar-refractivity contribution in [2.75, 3.05) is 20.1 Å². The topological polar surface area (TPSA) is 39.1 Å². The SMILES string of the molecule is CNC1CN(C(C#N)c2ccc(Br)s2)C1. The van der Waals surface area contributed by atoms with Gasteiger partial charge in [0, 0.05) is 24.0 Å². The average molecular weight is 286 g/mol. The van der Waals surface area contributed by atoms with Crippen LogP contribution in [0.25, 0.3) is 0 Å². The van der Waals surface area contributed by atoms with Gasteiger partial charge in [0.25, 0.3) is 0 Å². The molecule has 80 valence electrons. The normalized spacial score (nSPS) is 19.5. The lowest BCUT2D eigenvalue weighted by Gasteiger charge is -2.41. The molecule has 0 aliphatic carbocycles. The summed E-state index contributed by atoms with van der Waals surface area (Å²) in [6.07, 6.45) is 0. The molecule has 5 heteroatoms. The van der Waals surface area contributed by atoms with Crippen LogP contribution in [0.5, 0.6) is 0 Å². The molecule has 1 aromatic heterocycles. The van der Waals surface area contributed by atoms with Crippen LogP contribution < -0.4 is 5.32 Å². The number of nitrogens with zero attached hydrogens (tertiary/aromatic N) is 2. The van der Waals surface area contributed by atoms with Crippen molar-refractivity contribution in [1.82, 2.24) is 10.2 Å². The van der Waals surface area contributed by atoms with Gasteiger partial charge in [-0.3, -0.25) is 4.90 Å². The number of rotatable bonds is 3. The highest BCUT2D eigenvalue weighted by Crippen LogP contribution is 2.32. The number of hydrogen-bond acceptors (Lipinski definition) is 4. The van der Waals surface area contributed by atoms with E-state index in [0.717, 1.165) is 21.8 Å². The lowest BCUT2D eigenvalue weighted by Crippen LogP contribution is -2.57. The molecule has 0 radical (unpaired) electrons. The van der Waals surface area contributed by atoms with Crippen LogP contribution in [0, 0.1) is 11.3 Å². The van der Waals surface area contributed by atoms with Crippen molar-refractivity contribution in [1.29, 1.82) is 5.26 Å². The minimum atomic E-state index is -0.0779. The third kappa shape index (κ3) is 2.23. The number of nitriles is 1. The van der Waals surface area contributed by atoms with Gasteiger partial charge in [0.2, 0.25) is 0 Å². The Morgan fingerprint density at radius 1 is 1.67 bits per heavy atom. The van der Waals surface area contributed by atoms with Gasteiger partial charge in [0.1, 0.15) is 6.04 Å². The molecule has 1 aromatic rings. The molecule has 3 nitrogen and oxygen atoms in total. The molecule has 1 unspecified atom stereocenters. The van der Waals surface area contributed by atoms with E-state index >= 15 is 0 Å². The van der Waals surface area contributed by atoms with E-state index in [2.05, 4.69) is 32.2 Å². The summed E-state index contributed by atoms with van der Waals surface area (Å²) in [5, 5.41) is 12.4. The first-order valence-corrected chi connectivity index (χ1v) is 6.41. The van der Waals surface area contributed by atoms with E-state index in [9.17, 15) is 0 Å². The van der Waals surface area contributed by atoms with E-state index in [4.69, 9.17) is 5.26 Å². The van der Waals surface area contributed by atoms with Crippen LogP contribution in [0.15, 0.2) is 15.9 Å². The highest BCUT2D eigenvalue weighted by atomic mass is 79.9. The van der Waals surface area contributed by atoms with Crippen LogP contribution in [-0.4, -0.2) is 31.1 Å². The largest absolute Gasteiger partial charge is 0.315 e. The number of likely N-dealkylation sites (tertiary alicyclic amines) is 1. The number of likely N-dealkylation sites (N-methyl/N-ethyl adjacent to an activating group) is 1. The zero-order valence-corrected chi connectivity index (χ0v) is 10.8. The number of halogens is 1. The van der Waals surface area contributed by atoms with E-state index in [1.54, 1.807) is 11.3 Å². The van der Waals surface area contributed by atoms with Gasteiger partial charge in [-0.05, 0) is 35.1 Å². The summed E-state index contributed by atoms with van der Waals surface area (Å²) in [7, 11) is 1.96. The van der Waals surface area contributed by atoms with Crippen molar-refractivity contribution >= 4 is 27.3 Å². The van der Waals surface area contributed by atoms with Crippen LogP contribution in [0.2, 0.25) is 0 Å². The average Bonchev–Trinajstić information content (AvgIpc) is 2.57. The third-order valence-corrected chi connectivity index (χ3v) is 4.35. The molecule has 0 bridgehead atoms. The van der Waals surface area contributed by atoms with E-state index in [0.29, 0.717) is 6.04 Å². The molecule has 1 N–H and O–H groups in total. The zero-order chi connectivity index (χ0) is 10.8. The first kappa shape index (κ1) is 11.1. The van der Waals surface area contributed by atoms with Gasteiger partial charge in [-0.2, -0.15) is 5.26 Å². The van der Waals surface area contributed by atoms with Crippen molar-refractivity contribution in [3.8, 4) is 6.07 Å². The van der Waals surface area contributed by atoms with E-state index in [-0.39, 0.29) is 6.04 Å². The second kappa shape index (κ2) is 4.62. The fourth-order valence-corrected chi connectivity index (χ4v) is 3.21. The van der Waals surface area contributed by atoms with Gasteiger partial charge in [-0.15, -0.1) is 11.3 Å². The van der Waals surface area contributed by atoms with Crippen molar-refractivity contribution in [3.05, 3.63) is 20.8 Å². The molecule has 2 rings (SSSR count). The summed E-state index contributed by atoms with van der Waals surface area (Å²) in [6, 6.07) is 6.86. The van der Waals surface area contributed by atoms with E-state index in [1.807, 2.05) is 19.2 Å². The number of thiophene rings is 1. The van der Waals surface area contributed by atoms with Crippen molar-refractivity contribution in [3.63, 3.8) is 0 Å². The summed E-state index contributed by atoms with van der Waals surface area (Å²) >= 11 is 5.06. The quantitative estimate of drug-likeness (QED) is 0.923. The smallest absolute Gasteiger partial charge is 0.133 e. The van der Waals surface area contributed by atoms with Gasteiger partial charge < -0.3 is 5.32 Å². The Labute approximate surface area is 102 Å². The lowest BCUT2D eigenvalue weighted by atomic mass is 10.1. The minimum Gasteiger partial charge on any atom is -0.315 e. The standard InChI is InChI=1S/C10H12BrN3S/c1-13-7-5-14(6-7)8(4-12)9-2-3-10(11)15-9/h2-3,7-8,13H,5-6H2,1H3. The van der Waals surface area contributed by atoms with Gasteiger partial charge in [0.05, 0.1) is 9.86 Å². The predicted octanol–water partition coefficient (Wildman–Crippen LogP) is 1.98. The molecule has 0 amide bonds. The molecular formula is C10H12BrN3S. The van der Waals surface area contributed by atoms with Crippen LogP contribution in [0.4, 0.5) is 0 Å². The number of hydrogen-bond donors (Lipinski definition) is 1. The Morgan fingerprint density at radius 3 is 2.87 bits per heavy atom.